The maximum Gasteiger partial charge on any atom is 0.279 e. The van der Waals surface area contributed by atoms with Gasteiger partial charge in [0.1, 0.15) is 0 Å². The third-order valence-corrected chi connectivity index (χ3v) is 3.44. The van der Waals surface area contributed by atoms with Crippen LogP contribution in [0.1, 0.15) is 5.69 Å². The smallest absolute Gasteiger partial charge is 0.279 e. The Labute approximate surface area is 96.3 Å². The molecule has 0 spiro atoms. The van der Waals surface area contributed by atoms with Crippen molar-refractivity contribution in [2.45, 2.75) is 11.9 Å². The zero-order valence-corrected chi connectivity index (χ0v) is 10.1. The average Bonchev–Trinajstić information content (AvgIpc) is 2.51. The van der Waals surface area contributed by atoms with Gasteiger partial charge in [0.05, 0.1) is 25.2 Å². The molecule has 0 saturated carbocycles. The number of nitrogens with zero attached hydrogens (tertiary/aromatic N) is 3. The first kappa shape index (κ1) is 11.2. The summed E-state index contributed by atoms with van der Waals surface area (Å²) in [6.45, 7) is 1.56. The Morgan fingerprint density at radius 2 is 2.19 bits per heavy atom. The summed E-state index contributed by atoms with van der Waals surface area (Å²) in [4.78, 5) is 7.95. The van der Waals surface area contributed by atoms with Gasteiger partial charge in [-0.25, -0.2) is 18.4 Å². The molecule has 0 aliphatic heterocycles. The van der Waals surface area contributed by atoms with Crippen molar-refractivity contribution < 1.29 is 13.2 Å². The van der Waals surface area contributed by atoms with Gasteiger partial charge in [-0.3, -0.25) is 4.40 Å². The Morgan fingerprint density at radius 3 is 2.75 bits per heavy atom. The molecule has 0 saturated heterocycles. The van der Waals surface area contributed by atoms with Crippen molar-refractivity contribution in [3.63, 3.8) is 0 Å². The van der Waals surface area contributed by atoms with E-state index in [0.29, 0.717) is 11.3 Å². The van der Waals surface area contributed by atoms with E-state index >= 15 is 0 Å². The minimum atomic E-state index is -3.85. The summed E-state index contributed by atoms with van der Waals surface area (Å²) in [5.74, 6) is 0.284. The van der Waals surface area contributed by atoms with Crippen molar-refractivity contribution in [2.24, 2.45) is 0 Å². The van der Waals surface area contributed by atoms with Crippen LogP contribution < -0.4 is 4.74 Å². The molecule has 0 radical (unpaired) electrons. The zero-order valence-electron chi connectivity index (χ0n) is 8.51. The van der Waals surface area contributed by atoms with E-state index in [-0.39, 0.29) is 10.9 Å². The van der Waals surface area contributed by atoms with Crippen LogP contribution in [0.5, 0.6) is 5.88 Å². The number of fused-ring (bicyclic) bond motifs is 1. The average molecular weight is 262 g/mol. The Bertz CT molecular complexity index is 650. The maximum absolute atomic E-state index is 11.4. The van der Waals surface area contributed by atoms with Gasteiger partial charge in [0.2, 0.25) is 5.88 Å². The molecule has 16 heavy (non-hydrogen) atoms. The highest BCUT2D eigenvalue weighted by Gasteiger charge is 2.21. The van der Waals surface area contributed by atoms with Crippen LogP contribution in [0.4, 0.5) is 0 Å². The Morgan fingerprint density at radius 1 is 1.50 bits per heavy atom. The van der Waals surface area contributed by atoms with E-state index in [0.717, 1.165) is 0 Å². The third kappa shape index (κ3) is 1.72. The molecule has 8 heteroatoms. The minimum absolute atomic E-state index is 0.0649. The first-order valence-electron chi connectivity index (χ1n) is 4.27. The lowest BCUT2D eigenvalue weighted by molar-refractivity contribution is 0.394. The number of methoxy groups -OCH3 is 1. The van der Waals surface area contributed by atoms with Gasteiger partial charge in [-0.05, 0) is 6.92 Å². The number of ether oxygens (including phenoxy) is 1. The lowest BCUT2D eigenvalue weighted by Crippen LogP contribution is -2.00. The number of aromatic nitrogens is 3. The molecule has 2 aromatic rings. The lowest BCUT2D eigenvalue weighted by atomic mass is 10.6. The van der Waals surface area contributed by atoms with E-state index < -0.39 is 9.05 Å². The summed E-state index contributed by atoms with van der Waals surface area (Å²) in [6.07, 6.45) is 2.84. The lowest BCUT2D eigenvalue weighted by Gasteiger charge is -2.01. The van der Waals surface area contributed by atoms with E-state index in [4.69, 9.17) is 15.4 Å². The highest BCUT2D eigenvalue weighted by Crippen LogP contribution is 2.22. The second kappa shape index (κ2) is 3.60. The van der Waals surface area contributed by atoms with Crippen molar-refractivity contribution in [2.75, 3.05) is 7.11 Å². The zero-order chi connectivity index (χ0) is 11.9. The second-order valence-corrected chi connectivity index (χ2v) is 5.58. The predicted octanol–water partition coefficient (Wildman–Crippen LogP) is 0.974. The minimum Gasteiger partial charge on any atom is -0.480 e. The van der Waals surface area contributed by atoms with Crippen molar-refractivity contribution in [1.82, 2.24) is 14.4 Å². The van der Waals surface area contributed by atoms with Crippen LogP contribution in [0, 0.1) is 6.92 Å². The van der Waals surface area contributed by atoms with E-state index in [1.165, 1.54) is 23.9 Å². The van der Waals surface area contributed by atoms with Crippen molar-refractivity contribution in [3.8, 4) is 5.88 Å². The van der Waals surface area contributed by atoms with Crippen LogP contribution in [-0.2, 0) is 9.05 Å². The number of halogens is 1. The van der Waals surface area contributed by atoms with Gasteiger partial charge in [-0.2, -0.15) is 0 Å². The Kier molecular flexibility index (Phi) is 2.51. The van der Waals surface area contributed by atoms with E-state index in [1.54, 1.807) is 6.92 Å². The van der Waals surface area contributed by atoms with E-state index in [1.807, 2.05) is 0 Å². The fraction of sp³-hybridized carbons (Fsp3) is 0.250. The quantitative estimate of drug-likeness (QED) is 0.753. The molecule has 0 amide bonds. The topological polar surface area (TPSA) is 73.6 Å². The summed E-state index contributed by atoms with van der Waals surface area (Å²) in [5.41, 5.74) is 0.725. The molecule has 2 rings (SSSR count). The summed E-state index contributed by atoms with van der Waals surface area (Å²) in [6, 6.07) is 0. The molecule has 0 N–H and O–H groups in total. The van der Waals surface area contributed by atoms with Crippen molar-refractivity contribution in [1.29, 1.82) is 0 Å². The van der Waals surface area contributed by atoms with Gasteiger partial charge in [0, 0.05) is 10.7 Å². The van der Waals surface area contributed by atoms with Crippen LogP contribution in [0.15, 0.2) is 17.4 Å². The molecule has 6 nitrogen and oxygen atoms in total. The largest absolute Gasteiger partial charge is 0.480 e. The van der Waals surface area contributed by atoms with Gasteiger partial charge in [0.15, 0.2) is 10.7 Å². The van der Waals surface area contributed by atoms with Crippen LogP contribution in [0.3, 0.4) is 0 Å². The first-order chi connectivity index (χ1) is 7.43. The number of imidazole rings is 1. The van der Waals surface area contributed by atoms with Crippen LogP contribution in [0.2, 0.25) is 0 Å². The summed E-state index contributed by atoms with van der Waals surface area (Å²) in [7, 11) is 2.91. The van der Waals surface area contributed by atoms with Gasteiger partial charge in [-0.1, -0.05) is 0 Å². The number of hydrogen-bond donors (Lipinski definition) is 0. The number of hydrogen-bond acceptors (Lipinski definition) is 5. The first-order valence-corrected chi connectivity index (χ1v) is 6.58. The van der Waals surface area contributed by atoms with Gasteiger partial charge in [0.25, 0.3) is 9.05 Å². The SMILES string of the molecule is COc1cn2c(S(=O)(=O)Cl)c(C)nc2cn1. The fourth-order valence-electron chi connectivity index (χ4n) is 1.43. The molecule has 0 atom stereocenters. The molecule has 0 bridgehead atoms. The van der Waals surface area contributed by atoms with E-state index in [9.17, 15) is 8.42 Å². The van der Waals surface area contributed by atoms with Crippen LogP contribution in [-0.4, -0.2) is 29.9 Å². The fourth-order valence-corrected chi connectivity index (χ4v) is 2.77. The highest BCUT2D eigenvalue weighted by molar-refractivity contribution is 8.13. The second-order valence-electron chi connectivity index (χ2n) is 3.10. The van der Waals surface area contributed by atoms with Gasteiger partial charge in [-0.15, -0.1) is 0 Å². The van der Waals surface area contributed by atoms with Gasteiger partial charge < -0.3 is 4.74 Å². The monoisotopic (exact) mass is 261 g/mol. The van der Waals surface area contributed by atoms with Crippen molar-refractivity contribution in [3.05, 3.63) is 18.1 Å². The molecular weight excluding hydrogens is 254 g/mol. The number of aryl methyl sites for hydroxylation is 1. The van der Waals surface area contributed by atoms with Gasteiger partial charge >= 0.3 is 0 Å². The molecule has 0 fully saturated rings. The molecular formula is C8H8ClN3O3S. The van der Waals surface area contributed by atoms with Crippen LogP contribution >= 0.6 is 10.7 Å². The Balaban J connectivity index is 2.87. The third-order valence-electron chi connectivity index (χ3n) is 2.04. The van der Waals surface area contributed by atoms with E-state index in [2.05, 4.69) is 9.97 Å². The summed E-state index contributed by atoms with van der Waals surface area (Å²) >= 11 is 0. The van der Waals surface area contributed by atoms with Crippen molar-refractivity contribution >= 4 is 25.4 Å². The maximum atomic E-state index is 11.4. The highest BCUT2D eigenvalue weighted by atomic mass is 35.7. The number of rotatable bonds is 2. The molecule has 0 aromatic carbocycles. The molecule has 0 aliphatic rings. The molecule has 2 aromatic heterocycles. The summed E-state index contributed by atoms with van der Waals surface area (Å²) in [5, 5.41) is -0.0649. The normalized spacial score (nSPS) is 11.9. The molecule has 0 aliphatic carbocycles. The predicted molar refractivity (Wildman–Crippen MR) is 57.3 cm³/mol. The van der Waals surface area contributed by atoms with Crippen LogP contribution in [0.25, 0.3) is 5.65 Å². The summed E-state index contributed by atoms with van der Waals surface area (Å²) < 4.78 is 29.0. The molecule has 2 heterocycles. The molecule has 0 unspecified atom stereocenters. The Hall–Kier alpha value is -1.34. The molecule has 86 valence electrons. The standard InChI is InChI=1S/C8H8ClN3O3S/c1-5-8(16(9,13)14)12-4-7(15-2)10-3-6(12)11-5/h3-4H,1-2H3.